The van der Waals surface area contributed by atoms with Crippen LogP contribution in [0.1, 0.15) is 5.56 Å². The first-order valence-electron chi connectivity index (χ1n) is 5.13. The number of esters is 1. The topological polar surface area (TPSA) is 64.6 Å². The number of carbonyl (C=O) groups excluding carboxylic acids is 2. The van der Waals surface area contributed by atoms with Gasteiger partial charge in [0.05, 0.1) is 0 Å². The van der Waals surface area contributed by atoms with Crippen LogP contribution in [-0.4, -0.2) is 32.2 Å². The molecule has 1 rings (SSSR count). The summed E-state index contributed by atoms with van der Waals surface area (Å²) in [6.45, 7) is 1.46. The van der Waals surface area contributed by atoms with Gasteiger partial charge in [0.2, 0.25) is 0 Å². The number of carbonyl (C=O) groups is 2. The standard InChI is InChI=1S/C12H15NO4/c1-9-4-3-5-10(6-9)13-11(14)7-17-12(15)8-16-2/h3-6H,7-8H2,1-2H3,(H,13,14). The monoisotopic (exact) mass is 237 g/mol. The minimum Gasteiger partial charge on any atom is -0.454 e. The fourth-order valence-corrected chi connectivity index (χ4v) is 1.23. The molecule has 0 spiro atoms. The van der Waals surface area contributed by atoms with Crippen molar-refractivity contribution in [3.05, 3.63) is 29.8 Å². The fourth-order valence-electron chi connectivity index (χ4n) is 1.23. The lowest BCUT2D eigenvalue weighted by Gasteiger charge is -2.06. The summed E-state index contributed by atoms with van der Waals surface area (Å²) >= 11 is 0. The molecule has 0 heterocycles. The van der Waals surface area contributed by atoms with Gasteiger partial charge in [0.15, 0.2) is 6.61 Å². The molecule has 0 saturated heterocycles. The van der Waals surface area contributed by atoms with Gasteiger partial charge in [-0.2, -0.15) is 0 Å². The second kappa shape index (κ2) is 6.65. The average Bonchev–Trinajstić information content (AvgIpc) is 2.27. The van der Waals surface area contributed by atoms with E-state index in [1.807, 2.05) is 25.1 Å². The molecule has 0 aliphatic carbocycles. The lowest BCUT2D eigenvalue weighted by molar-refractivity contribution is -0.150. The van der Waals surface area contributed by atoms with Crippen LogP contribution in [0.2, 0.25) is 0 Å². The third kappa shape index (κ3) is 5.12. The van der Waals surface area contributed by atoms with Crippen molar-refractivity contribution in [3.8, 4) is 0 Å². The van der Waals surface area contributed by atoms with Crippen LogP contribution in [0.5, 0.6) is 0 Å². The van der Waals surface area contributed by atoms with Crippen LogP contribution in [0, 0.1) is 6.92 Å². The molecule has 1 aromatic rings. The van der Waals surface area contributed by atoms with E-state index in [0.717, 1.165) is 5.56 Å². The van der Waals surface area contributed by atoms with Gasteiger partial charge in [0.1, 0.15) is 6.61 Å². The molecule has 5 heteroatoms. The summed E-state index contributed by atoms with van der Waals surface area (Å²) in [4.78, 5) is 22.3. The second-order valence-electron chi connectivity index (χ2n) is 3.51. The smallest absolute Gasteiger partial charge is 0.332 e. The van der Waals surface area contributed by atoms with Crippen molar-refractivity contribution in [2.24, 2.45) is 0 Å². The minimum atomic E-state index is -0.563. The van der Waals surface area contributed by atoms with Crippen molar-refractivity contribution < 1.29 is 19.1 Å². The van der Waals surface area contributed by atoms with Crippen LogP contribution < -0.4 is 5.32 Å². The van der Waals surface area contributed by atoms with Crippen LogP contribution in [0.3, 0.4) is 0 Å². The minimum absolute atomic E-state index is 0.155. The highest BCUT2D eigenvalue weighted by Crippen LogP contribution is 2.09. The van der Waals surface area contributed by atoms with E-state index in [-0.39, 0.29) is 19.1 Å². The summed E-state index contributed by atoms with van der Waals surface area (Å²) in [6.07, 6.45) is 0. The van der Waals surface area contributed by atoms with Gasteiger partial charge in [0.25, 0.3) is 5.91 Å². The van der Waals surface area contributed by atoms with Gasteiger partial charge in [-0.1, -0.05) is 12.1 Å². The van der Waals surface area contributed by atoms with Crippen LogP contribution in [-0.2, 0) is 19.1 Å². The molecule has 0 aliphatic rings. The number of ether oxygens (including phenoxy) is 2. The number of amides is 1. The Morgan fingerprint density at radius 1 is 1.29 bits per heavy atom. The molecule has 0 aliphatic heterocycles. The molecule has 5 nitrogen and oxygen atoms in total. The zero-order chi connectivity index (χ0) is 12.7. The Morgan fingerprint density at radius 3 is 2.71 bits per heavy atom. The molecule has 0 saturated carbocycles. The fraction of sp³-hybridized carbons (Fsp3) is 0.333. The largest absolute Gasteiger partial charge is 0.454 e. The number of rotatable bonds is 5. The number of aryl methyl sites for hydroxylation is 1. The number of methoxy groups -OCH3 is 1. The highest BCUT2D eigenvalue weighted by atomic mass is 16.6. The second-order valence-corrected chi connectivity index (χ2v) is 3.51. The molecule has 1 N–H and O–H groups in total. The van der Waals surface area contributed by atoms with Crippen molar-refractivity contribution in [1.82, 2.24) is 0 Å². The first-order chi connectivity index (χ1) is 8.11. The zero-order valence-electron chi connectivity index (χ0n) is 9.86. The highest BCUT2D eigenvalue weighted by Gasteiger charge is 2.07. The van der Waals surface area contributed by atoms with E-state index in [0.29, 0.717) is 5.69 Å². The van der Waals surface area contributed by atoms with Crippen molar-refractivity contribution in [2.75, 3.05) is 25.6 Å². The summed E-state index contributed by atoms with van der Waals surface area (Å²) in [5, 5.41) is 2.62. The maximum Gasteiger partial charge on any atom is 0.332 e. The van der Waals surface area contributed by atoms with Crippen LogP contribution in [0.4, 0.5) is 5.69 Å². The number of hydrogen-bond acceptors (Lipinski definition) is 4. The number of nitrogens with one attached hydrogen (secondary N) is 1. The molecule has 92 valence electrons. The first kappa shape index (κ1) is 13.2. The molecule has 0 unspecified atom stereocenters. The molecule has 0 bridgehead atoms. The van der Waals surface area contributed by atoms with Crippen molar-refractivity contribution in [2.45, 2.75) is 6.92 Å². The SMILES string of the molecule is COCC(=O)OCC(=O)Nc1cccc(C)c1. The lowest BCUT2D eigenvalue weighted by Crippen LogP contribution is -2.22. The zero-order valence-corrected chi connectivity index (χ0v) is 9.86. The van der Waals surface area contributed by atoms with Gasteiger partial charge in [-0.05, 0) is 24.6 Å². The molecule has 0 aromatic heterocycles. The number of benzene rings is 1. The predicted molar refractivity (Wildman–Crippen MR) is 62.6 cm³/mol. The van der Waals surface area contributed by atoms with Gasteiger partial charge in [-0.15, -0.1) is 0 Å². The van der Waals surface area contributed by atoms with Crippen molar-refractivity contribution in [1.29, 1.82) is 0 Å². The normalized spacial score (nSPS) is 9.76. The molecule has 17 heavy (non-hydrogen) atoms. The Labute approximate surface area is 99.7 Å². The lowest BCUT2D eigenvalue weighted by atomic mass is 10.2. The molecule has 1 amide bonds. The molecule has 1 aromatic carbocycles. The predicted octanol–water partition coefficient (Wildman–Crippen LogP) is 1.12. The van der Waals surface area contributed by atoms with Gasteiger partial charge < -0.3 is 14.8 Å². The maximum atomic E-state index is 11.4. The Kier molecular flexibility index (Phi) is 5.16. The number of hydrogen-bond donors (Lipinski definition) is 1. The van der Waals surface area contributed by atoms with Gasteiger partial charge in [0, 0.05) is 12.8 Å². The summed E-state index contributed by atoms with van der Waals surface area (Å²) in [7, 11) is 1.38. The molecule has 0 atom stereocenters. The van der Waals surface area contributed by atoms with Gasteiger partial charge >= 0.3 is 5.97 Å². The molecule has 0 fully saturated rings. The van der Waals surface area contributed by atoms with Crippen LogP contribution >= 0.6 is 0 Å². The van der Waals surface area contributed by atoms with E-state index < -0.39 is 5.97 Å². The Hall–Kier alpha value is -1.88. The van der Waals surface area contributed by atoms with E-state index in [2.05, 4.69) is 14.8 Å². The van der Waals surface area contributed by atoms with E-state index >= 15 is 0 Å². The van der Waals surface area contributed by atoms with Crippen molar-refractivity contribution >= 4 is 17.6 Å². The first-order valence-corrected chi connectivity index (χ1v) is 5.13. The van der Waals surface area contributed by atoms with Gasteiger partial charge in [-0.3, -0.25) is 4.79 Å². The summed E-state index contributed by atoms with van der Waals surface area (Å²) < 4.78 is 9.23. The Morgan fingerprint density at radius 2 is 2.06 bits per heavy atom. The van der Waals surface area contributed by atoms with E-state index in [9.17, 15) is 9.59 Å². The van der Waals surface area contributed by atoms with E-state index in [4.69, 9.17) is 0 Å². The van der Waals surface area contributed by atoms with Gasteiger partial charge in [-0.25, -0.2) is 4.79 Å². The highest BCUT2D eigenvalue weighted by molar-refractivity contribution is 5.92. The third-order valence-corrected chi connectivity index (χ3v) is 1.93. The van der Waals surface area contributed by atoms with Crippen LogP contribution in [0.25, 0.3) is 0 Å². The molecular weight excluding hydrogens is 222 g/mol. The number of anilines is 1. The third-order valence-electron chi connectivity index (χ3n) is 1.93. The summed E-state index contributed by atoms with van der Waals surface area (Å²) in [6, 6.07) is 7.35. The Bertz CT molecular complexity index is 403. The van der Waals surface area contributed by atoms with Crippen LogP contribution in [0.15, 0.2) is 24.3 Å². The molecule has 0 radical (unpaired) electrons. The quantitative estimate of drug-likeness (QED) is 0.779. The van der Waals surface area contributed by atoms with E-state index in [1.165, 1.54) is 7.11 Å². The summed E-state index contributed by atoms with van der Waals surface area (Å²) in [5.74, 6) is -0.938. The average molecular weight is 237 g/mol. The van der Waals surface area contributed by atoms with E-state index in [1.54, 1.807) is 6.07 Å². The molecular formula is C12H15NO4. The maximum absolute atomic E-state index is 11.4. The van der Waals surface area contributed by atoms with Crippen molar-refractivity contribution in [3.63, 3.8) is 0 Å². The summed E-state index contributed by atoms with van der Waals surface area (Å²) in [5.41, 5.74) is 1.72. The Balaban J connectivity index is 2.37.